The van der Waals surface area contributed by atoms with E-state index in [0.717, 1.165) is 11.0 Å². The molecule has 98 valence electrons. The van der Waals surface area contributed by atoms with Crippen LogP contribution in [0.2, 0.25) is 0 Å². The van der Waals surface area contributed by atoms with Crippen molar-refractivity contribution in [3.8, 4) is 0 Å². The van der Waals surface area contributed by atoms with Crippen molar-refractivity contribution in [1.29, 1.82) is 0 Å². The van der Waals surface area contributed by atoms with Crippen LogP contribution in [0.3, 0.4) is 0 Å². The number of rotatable bonds is 5. The Bertz CT molecular complexity index is 408. The third-order valence-electron chi connectivity index (χ3n) is 2.55. The molecular formula is C10H16F3N3O. The zero-order chi connectivity index (χ0) is 13.1. The molecule has 0 aliphatic carbocycles. The number of nitrogens with zero attached hydrogens (tertiary/aromatic N) is 2. The second-order valence-electron chi connectivity index (χ2n) is 3.90. The maximum Gasteiger partial charge on any atom is 0.394 e. The monoisotopic (exact) mass is 251 g/mol. The predicted octanol–water partition coefficient (Wildman–Crippen LogP) is 1.20. The molecule has 4 nitrogen and oxygen atoms in total. The molecule has 7 heteroatoms. The minimum Gasteiger partial charge on any atom is -0.330 e. The number of aryl methyl sites for hydroxylation is 1. The molecule has 2 N–H and O–H groups in total. The average molecular weight is 251 g/mol. The molecule has 0 fully saturated rings. The number of hydrogen-bond acceptors (Lipinski definition) is 2. The van der Waals surface area contributed by atoms with E-state index in [1.165, 1.54) is 17.0 Å². The fourth-order valence-electron chi connectivity index (χ4n) is 1.55. The van der Waals surface area contributed by atoms with E-state index < -0.39 is 30.9 Å². The summed E-state index contributed by atoms with van der Waals surface area (Å²) in [5, 5.41) is 0. The summed E-state index contributed by atoms with van der Waals surface area (Å²) in [6, 6.07) is 0. The second-order valence-corrected chi connectivity index (χ2v) is 3.90. The van der Waals surface area contributed by atoms with E-state index in [2.05, 4.69) is 0 Å². The summed E-state index contributed by atoms with van der Waals surface area (Å²) in [7, 11) is 0. The van der Waals surface area contributed by atoms with Gasteiger partial charge in [0.2, 0.25) is 0 Å². The predicted molar refractivity (Wildman–Crippen MR) is 57.6 cm³/mol. The van der Waals surface area contributed by atoms with E-state index in [0.29, 0.717) is 6.54 Å². The van der Waals surface area contributed by atoms with Crippen LogP contribution in [0.25, 0.3) is 0 Å². The Morgan fingerprint density at radius 3 is 2.41 bits per heavy atom. The zero-order valence-corrected chi connectivity index (χ0v) is 9.57. The van der Waals surface area contributed by atoms with E-state index in [1.807, 2.05) is 6.92 Å². The Hall–Kier alpha value is -1.24. The van der Waals surface area contributed by atoms with Gasteiger partial charge < -0.3 is 5.73 Å². The minimum atomic E-state index is -4.37. The fraction of sp³-hybridized carbons (Fsp3) is 0.700. The molecule has 0 radical (unpaired) electrons. The molecule has 1 aromatic heterocycles. The summed E-state index contributed by atoms with van der Waals surface area (Å²) in [6.07, 6.45) is -0.757. The van der Waals surface area contributed by atoms with Crippen molar-refractivity contribution in [2.24, 2.45) is 11.7 Å². The van der Waals surface area contributed by atoms with Gasteiger partial charge in [0.1, 0.15) is 0 Å². The highest BCUT2D eigenvalue weighted by atomic mass is 19.4. The van der Waals surface area contributed by atoms with Crippen LogP contribution >= 0.6 is 0 Å². The molecule has 0 spiro atoms. The Kier molecular flexibility index (Phi) is 4.39. The maximum atomic E-state index is 12.5. The van der Waals surface area contributed by atoms with E-state index in [9.17, 15) is 18.0 Å². The third kappa shape index (κ3) is 3.36. The molecule has 1 rings (SSSR count). The number of halogens is 3. The van der Waals surface area contributed by atoms with E-state index >= 15 is 0 Å². The van der Waals surface area contributed by atoms with Gasteiger partial charge in [-0.15, -0.1) is 0 Å². The molecule has 1 heterocycles. The molecule has 0 saturated carbocycles. The van der Waals surface area contributed by atoms with Crippen LogP contribution in [0.15, 0.2) is 17.2 Å². The number of aromatic nitrogens is 2. The molecule has 0 saturated heterocycles. The van der Waals surface area contributed by atoms with Gasteiger partial charge in [0.25, 0.3) is 0 Å². The smallest absolute Gasteiger partial charge is 0.330 e. The lowest BCUT2D eigenvalue weighted by Gasteiger charge is -2.18. The highest BCUT2D eigenvalue weighted by Crippen LogP contribution is 2.26. The molecule has 0 aromatic carbocycles. The van der Waals surface area contributed by atoms with Gasteiger partial charge in [0.15, 0.2) is 0 Å². The van der Waals surface area contributed by atoms with Crippen LogP contribution < -0.4 is 11.4 Å². The Balaban J connectivity index is 2.84. The molecule has 0 amide bonds. The van der Waals surface area contributed by atoms with E-state index in [-0.39, 0.29) is 0 Å². The SMILES string of the molecule is CCCn1ccn(CC(CN)C(F)(F)F)c1=O. The van der Waals surface area contributed by atoms with Gasteiger partial charge in [0, 0.05) is 32.0 Å². The van der Waals surface area contributed by atoms with Crippen LogP contribution in [-0.2, 0) is 13.1 Å². The van der Waals surface area contributed by atoms with Gasteiger partial charge in [-0.3, -0.25) is 9.13 Å². The Morgan fingerprint density at radius 2 is 1.94 bits per heavy atom. The number of imidazole rings is 1. The molecule has 1 unspecified atom stereocenters. The lowest BCUT2D eigenvalue weighted by Crippen LogP contribution is -2.37. The molecule has 1 atom stereocenters. The van der Waals surface area contributed by atoms with Crippen LogP contribution in [0, 0.1) is 5.92 Å². The maximum absolute atomic E-state index is 12.5. The first-order valence-electron chi connectivity index (χ1n) is 5.42. The highest BCUT2D eigenvalue weighted by molar-refractivity contribution is 4.83. The van der Waals surface area contributed by atoms with Crippen LogP contribution in [0.4, 0.5) is 13.2 Å². The van der Waals surface area contributed by atoms with E-state index in [4.69, 9.17) is 5.73 Å². The van der Waals surface area contributed by atoms with Gasteiger partial charge >= 0.3 is 11.9 Å². The van der Waals surface area contributed by atoms with Crippen LogP contribution in [0.5, 0.6) is 0 Å². The number of nitrogens with two attached hydrogens (primary N) is 1. The van der Waals surface area contributed by atoms with Gasteiger partial charge in [0.05, 0.1) is 5.92 Å². The van der Waals surface area contributed by atoms with Crippen molar-refractivity contribution in [3.05, 3.63) is 22.9 Å². The van der Waals surface area contributed by atoms with Gasteiger partial charge in [-0.2, -0.15) is 13.2 Å². The first-order chi connectivity index (χ1) is 7.90. The molecule has 0 aliphatic rings. The summed E-state index contributed by atoms with van der Waals surface area (Å²) in [5.41, 5.74) is 4.66. The standard InChI is InChI=1S/C10H16F3N3O/c1-2-3-15-4-5-16(9(15)17)7-8(6-14)10(11,12)13/h4-5,8H,2-3,6-7,14H2,1H3. The van der Waals surface area contributed by atoms with Crippen molar-refractivity contribution < 1.29 is 13.2 Å². The molecule has 0 bridgehead atoms. The molecule has 1 aromatic rings. The number of hydrogen-bond donors (Lipinski definition) is 1. The van der Waals surface area contributed by atoms with Gasteiger partial charge in [-0.25, -0.2) is 4.79 Å². The molecular weight excluding hydrogens is 235 g/mol. The zero-order valence-electron chi connectivity index (χ0n) is 9.57. The quantitative estimate of drug-likeness (QED) is 0.854. The van der Waals surface area contributed by atoms with Crippen LogP contribution in [0.1, 0.15) is 13.3 Å². The van der Waals surface area contributed by atoms with Crippen molar-refractivity contribution in [3.63, 3.8) is 0 Å². The molecule has 0 aliphatic heterocycles. The first-order valence-corrected chi connectivity index (χ1v) is 5.42. The van der Waals surface area contributed by atoms with Gasteiger partial charge in [-0.1, -0.05) is 6.92 Å². The van der Waals surface area contributed by atoms with E-state index in [1.54, 1.807) is 0 Å². The molecule has 17 heavy (non-hydrogen) atoms. The van der Waals surface area contributed by atoms with Crippen molar-refractivity contribution >= 4 is 0 Å². The summed E-state index contributed by atoms with van der Waals surface area (Å²) >= 11 is 0. The largest absolute Gasteiger partial charge is 0.394 e. The lowest BCUT2D eigenvalue weighted by atomic mass is 10.1. The van der Waals surface area contributed by atoms with Crippen molar-refractivity contribution in [1.82, 2.24) is 9.13 Å². The second kappa shape index (κ2) is 5.39. The summed E-state index contributed by atoms with van der Waals surface area (Å²) in [6.45, 7) is 1.46. The fourth-order valence-corrected chi connectivity index (χ4v) is 1.55. The van der Waals surface area contributed by atoms with Crippen molar-refractivity contribution in [2.45, 2.75) is 32.6 Å². The minimum absolute atomic E-state index is 0.421. The highest BCUT2D eigenvalue weighted by Gasteiger charge is 2.38. The summed E-state index contributed by atoms with van der Waals surface area (Å²) in [4.78, 5) is 11.7. The van der Waals surface area contributed by atoms with Crippen molar-refractivity contribution in [2.75, 3.05) is 6.54 Å². The Morgan fingerprint density at radius 1 is 1.35 bits per heavy atom. The van der Waals surface area contributed by atoms with Gasteiger partial charge in [-0.05, 0) is 6.42 Å². The third-order valence-corrected chi connectivity index (χ3v) is 2.55. The topological polar surface area (TPSA) is 52.9 Å². The first kappa shape index (κ1) is 13.8. The summed E-state index contributed by atoms with van der Waals surface area (Å²) in [5.74, 6) is -1.68. The number of alkyl halides is 3. The summed E-state index contributed by atoms with van der Waals surface area (Å²) < 4.78 is 39.9. The average Bonchev–Trinajstić information content (AvgIpc) is 2.56. The normalized spacial score (nSPS) is 13.9. The Labute approximate surface area is 96.8 Å². The van der Waals surface area contributed by atoms with Crippen LogP contribution in [-0.4, -0.2) is 21.9 Å². The lowest BCUT2D eigenvalue weighted by molar-refractivity contribution is -0.175.